The monoisotopic (exact) mass is 446 g/mol. The van der Waals surface area contributed by atoms with Crippen LogP contribution >= 0.6 is 0 Å². The lowest BCUT2D eigenvalue weighted by Crippen LogP contribution is -2.30. The van der Waals surface area contributed by atoms with Gasteiger partial charge in [-0.05, 0) is 61.7 Å². The molecule has 10 heteroatoms. The summed E-state index contributed by atoms with van der Waals surface area (Å²) in [4.78, 5) is 37.2. The fraction of sp³-hybridized carbons (Fsp3) is 0.273. The van der Waals surface area contributed by atoms with Gasteiger partial charge >= 0.3 is 6.18 Å². The second kappa shape index (κ2) is 8.45. The van der Waals surface area contributed by atoms with Gasteiger partial charge in [-0.1, -0.05) is 12.1 Å². The fourth-order valence-electron chi connectivity index (χ4n) is 3.70. The van der Waals surface area contributed by atoms with E-state index in [4.69, 9.17) is 5.73 Å². The highest BCUT2D eigenvalue weighted by molar-refractivity contribution is 6.22. The van der Waals surface area contributed by atoms with Gasteiger partial charge in [0.25, 0.3) is 0 Å². The zero-order chi connectivity index (χ0) is 23.8. The van der Waals surface area contributed by atoms with Gasteiger partial charge in [0.1, 0.15) is 12.3 Å². The van der Waals surface area contributed by atoms with Crippen molar-refractivity contribution in [2.24, 2.45) is 10.8 Å². The first-order valence-corrected chi connectivity index (χ1v) is 9.63. The van der Waals surface area contributed by atoms with Crippen molar-refractivity contribution < 1.29 is 27.6 Å². The second-order valence-corrected chi connectivity index (χ2v) is 7.66. The van der Waals surface area contributed by atoms with Crippen LogP contribution in [0.25, 0.3) is 0 Å². The van der Waals surface area contributed by atoms with E-state index in [2.05, 4.69) is 10.5 Å². The molecule has 1 unspecified atom stereocenters. The number of nitrogens with one attached hydrogen (secondary N) is 1. The zero-order valence-corrected chi connectivity index (χ0v) is 17.6. The van der Waals surface area contributed by atoms with Crippen LogP contribution in [0.5, 0.6) is 0 Å². The van der Waals surface area contributed by atoms with Gasteiger partial charge in [0, 0.05) is 5.69 Å². The Hall–Kier alpha value is -3.69. The predicted molar refractivity (Wildman–Crippen MR) is 112 cm³/mol. The Morgan fingerprint density at radius 2 is 1.75 bits per heavy atom. The summed E-state index contributed by atoms with van der Waals surface area (Å²) in [6.07, 6.45) is -5.17. The molecule has 168 valence electrons. The highest BCUT2D eigenvalue weighted by atomic mass is 19.4. The molecule has 1 aliphatic rings. The number of rotatable bonds is 5. The maximum atomic E-state index is 13.4. The third kappa shape index (κ3) is 4.63. The van der Waals surface area contributed by atoms with Crippen molar-refractivity contribution in [3.05, 3.63) is 58.7 Å². The van der Waals surface area contributed by atoms with Crippen molar-refractivity contribution in [3.63, 3.8) is 0 Å². The minimum atomic E-state index is -4.59. The number of nitrogens with zero attached hydrogens (tertiary/aromatic N) is 2. The van der Waals surface area contributed by atoms with Crippen LogP contribution in [-0.2, 0) is 20.6 Å². The molecule has 3 N–H and O–H groups in total. The summed E-state index contributed by atoms with van der Waals surface area (Å²) in [6.45, 7) is 5.12. The molecule has 0 saturated carbocycles. The van der Waals surface area contributed by atoms with Gasteiger partial charge < -0.3 is 5.73 Å². The van der Waals surface area contributed by atoms with Crippen molar-refractivity contribution >= 4 is 34.8 Å². The number of hydrazone groups is 1. The average molecular weight is 446 g/mol. The van der Waals surface area contributed by atoms with Crippen molar-refractivity contribution in [3.8, 4) is 0 Å². The Bertz CT molecular complexity index is 1120. The second-order valence-electron chi connectivity index (χ2n) is 7.66. The summed E-state index contributed by atoms with van der Waals surface area (Å²) in [6, 6.07) is 8.38. The van der Waals surface area contributed by atoms with Crippen LogP contribution in [0.2, 0.25) is 0 Å². The maximum Gasteiger partial charge on any atom is 0.416 e. The van der Waals surface area contributed by atoms with Gasteiger partial charge in [-0.2, -0.15) is 18.3 Å². The van der Waals surface area contributed by atoms with Crippen LogP contribution in [-0.4, -0.2) is 23.4 Å². The smallest absolute Gasteiger partial charge is 0.369 e. The molecule has 3 rings (SSSR count). The number of fused-ring (bicyclic) bond motifs is 1. The van der Waals surface area contributed by atoms with E-state index in [1.54, 1.807) is 12.1 Å². The first-order chi connectivity index (χ1) is 14.9. The molecule has 0 aromatic heterocycles. The number of hydrogen-bond acceptors (Lipinski definition) is 4. The van der Waals surface area contributed by atoms with E-state index in [-0.39, 0.29) is 11.4 Å². The number of carbonyl (C=O) groups excluding carboxylic acids is 3. The van der Waals surface area contributed by atoms with E-state index in [1.807, 2.05) is 19.9 Å². The van der Waals surface area contributed by atoms with E-state index in [0.29, 0.717) is 11.3 Å². The van der Waals surface area contributed by atoms with Crippen molar-refractivity contribution in [1.82, 2.24) is 5.43 Å². The molecule has 1 heterocycles. The number of hydrogen-bond donors (Lipinski definition) is 2. The average Bonchev–Trinajstić information content (AvgIpc) is 2.95. The third-order valence-electron chi connectivity index (χ3n) is 4.95. The van der Waals surface area contributed by atoms with E-state index in [1.165, 1.54) is 17.9 Å². The topological polar surface area (TPSA) is 105 Å². The maximum absolute atomic E-state index is 13.4. The quantitative estimate of drug-likeness (QED) is 0.418. The molecule has 0 saturated heterocycles. The number of amides is 3. The van der Waals surface area contributed by atoms with Crippen LogP contribution in [0.4, 0.5) is 24.5 Å². The highest BCUT2D eigenvalue weighted by Gasteiger charge is 2.42. The number of halogens is 3. The van der Waals surface area contributed by atoms with Gasteiger partial charge in [0.05, 0.1) is 17.0 Å². The number of primary amides is 1. The van der Waals surface area contributed by atoms with Crippen LogP contribution in [0.3, 0.4) is 0 Å². The standard InChI is InChI=1S/C22H21F3N4O3/c1-11-6-12(2)8-15(7-11)29-17-9-14(22(23,24)25)4-5-16(17)20(21(29)32)13(3)27-28-19(31)10-18(26)30/h4-9,20H,10H2,1-3H3,(H2,26,30)(H,28,31)/b27-13-. The molecule has 32 heavy (non-hydrogen) atoms. The molecular weight excluding hydrogens is 425 g/mol. The molecule has 2 aromatic carbocycles. The number of nitrogens with two attached hydrogens (primary N) is 1. The van der Waals surface area contributed by atoms with E-state index >= 15 is 0 Å². The van der Waals surface area contributed by atoms with Gasteiger partial charge in [0.15, 0.2) is 0 Å². The van der Waals surface area contributed by atoms with Crippen LogP contribution in [0, 0.1) is 13.8 Å². The lowest BCUT2D eigenvalue weighted by atomic mass is 9.95. The first kappa shape index (κ1) is 23.0. The van der Waals surface area contributed by atoms with Crippen LogP contribution in [0.15, 0.2) is 41.5 Å². The van der Waals surface area contributed by atoms with Crippen molar-refractivity contribution in [2.45, 2.75) is 39.3 Å². The molecule has 2 aromatic rings. The van der Waals surface area contributed by atoms with Gasteiger partial charge in [0.2, 0.25) is 17.7 Å². The normalized spacial score (nSPS) is 16.2. The van der Waals surface area contributed by atoms with Gasteiger partial charge in [-0.25, -0.2) is 5.43 Å². The zero-order valence-electron chi connectivity index (χ0n) is 17.6. The van der Waals surface area contributed by atoms with Crippen molar-refractivity contribution in [1.29, 1.82) is 0 Å². The third-order valence-corrected chi connectivity index (χ3v) is 4.95. The molecule has 0 spiro atoms. The van der Waals surface area contributed by atoms with E-state index in [0.717, 1.165) is 23.3 Å². The van der Waals surface area contributed by atoms with E-state index < -0.39 is 41.8 Å². The molecule has 3 amide bonds. The van der Waals surface area contributed by atoms with Gasteiger partial charge in [-0.3, -0.25) is 19.3 Å². The highest BCUT2D eigenvalue weighted by Crippen LogP contribution is 2.45. The number of alkyl halides is 3. The molecule has 0 bridgehead atoms. The Balaban J connectivity index is 2.09. The molecule has 1 atom stereocenters. The predicted octanol–water partition coefficient (Wildman–Crippen LogP) is 3.45. The molecule has 0 radical (unpaired) electrons. The SMILES string of the molecule is C/C(=N/NC(=O)CC(N)=O)C1C(=O)N(c2cc(C)cc(C)c2)c2cc(C(F)(F)F)ccc21. The van der Waals surface area contributed by atoms with E-state index in [9.17, 15) is 27.6 Å². The first-order valence-electron chi connectivity index (χ1n) is 9.63. The molecule has 0 fully saturated rings. The minimum Gasteiger partial charge on any atom is -0.369 e. The summed E-state index contributed by atoms with van der Waals surface area (Å²) < 4.78 is 40.1. The lowest BCUT2D eigenvalue weighted by Gasteiger charge is -2.20. The molecular formula is C22H21F3N4O3. The summed E-state index contributed by atoms with van der Waals surface area (Å²) in [7, 11) is 0. The Morgan fingerprint density at radius 3 is 2.31 bits per heavy atom. The lowest BCUT2D eigenvalue weighted by molar-refractivity contribution is -0.137. The molecule has 1 aliphatic heterocycles. The number of anilines is 2. The van der Waals surface area contributed by atoms with Crippen LogP contribution in [0.1, 0.15) is 41.5 Å². The number of benzene rings is 2. The largest absolute Gasteiger partial charge is 0.416 e. The van der Waals surface area contributed by atoms with Crippen molar-refractivity contribution in [2.75, 3.05) is 4.90 Å². The fourth-order valence-corrected chi connectivity index (χ4v) is 3.70. The molecule has 7 nitrogen and oxygen atoms in total. The Morgan fingerprint density at radius 1 is 1.12 bits per heavy atom. The summed E-state index contributed by atoms with van der Waals surface area (Å²) in [5.74, 6) is -3.13. The number of aryl methyl sites for hydroxylation is 2. The minimum absolute atomic E-state index is 0.0952. The summed E-state index contributed by atoms with van der Waals surface area (Å²) in [5, 5.41) is 3.88. The molecule has 0 aliphatic carbocycles. The Kier molecular flexibility index (Phi) is 6.07. The number of carbonyl (C=O) groups is 3. The summed E-state index contributed by atoms with van der Waals surface area (Å²) >= 11 is 0. The van der Waals surface area contributed by atoms with Crippen LogP contribution < -0.4 is 16.1 Å². The summed E-state index contributed by atoms with van der Waals surface area (Å²) in [5.41, 5.74) is 8.91. The van der Waals surface area contributed by atoms with Gasteiger partial charge in [-0.15, -0.1) is 0 Å². The Labute approximate surface area is 182 Å².